The van der Waals surface area contributed by atoms with E-state index in [0.29, 0.717) is 0 Å². The van der Waals surface area contributed by atoms with Crippen molar-refractivity contribution in [3.8, 4) is 0 Å². The van der Waals surface area contributed by atoms with Gasteiger partial charge >= 0.3 is 0 Å². The highest BCUT2D eigenvalue weighted by atomic mass is 79.9. The van der Waals surface area contributed by atoms with Crippen molar-refractivity contribution in [2.24, 2.45) is 0 Å². The van der Waals surface area contributed by atoms with Crippen molar-refractivity contribution >= 4 is 28.3 Å². The summed E-state index contributed by atoms with van der Waals surface area (Å²) in [5, 5.41) is 3.47. The van der Waals surface area contributed by atoms with Gasteiger partial charge in [0.1, 0.15) is 0 Å². The molecule has 2 aliphatic rings. The number of benzene rings is 1. The van der Waals surface area contributed by atoms with Crippen LogP contribution in [0.4, 0.5) is 0 Å². The van der Waals surface area contributed by atoms with E-state index < -0.39 is 0 Å². The molecule has 21 heavy (non-hydrogen) atoms. The first-order valence-corrected chi connectivity index (χ1v) is 8.44. The maximum Gasteiger partial charge on any atom is 0.0234 e. The van der Waals surface area contributed by atoms with Crippen LogP contribution in [0.25, 0.3) is 0 Å². The number of hydrogen-bond acceptors (Lipinski definition) is 3. The first-order valence-electron chi connectivity index (χ1n) is 7.64. The Hall–Kier alpha value is -0.130. The lowest BCUT2D eigenvalue weighted by Gasteiger charge is -2.37. The van der Waals surface area contributed by atoms with Crippen molar-refractivity contribution in [3.63, 3.8) is 0 Å². The molecule has 2 aliphatic heterocycles. The number of rotatable bonds is 3. The van der Waals surface area contributed by atoms with Crippen molar-refractivity contribution in [1.29, 1.82) is 0 Å². The molecule has 1 aromatic carbocycles. The van der Waals surface area contributed by atoms with E-state index >= 15 is 0 Å². The van der Waals surface area contributed by atoms with Crippen LogP contribution in [0, 0.1) is 6.92 Å². The largest absolute Gasteiger partial charge is 0.315 e. The molecule has 0 bridgehead atoms. The summed E-state index contributed by atoms with van der Waals surface area (Å²) in [4.78, 5) is 5.25. The third-order valence-electron chi connectivity index (χ3n) is 4.59. The van der Waals surface area contributed by atoms with Crippen molar-refractivity contribution in [3.05, 3.63) is 33.8 Å². The molecular formula is C16H25BrClN3. The second-order valence-electron chi connectivity index (χ2n) is 6.04. The summed E-state index contributed by atoms with van der Waals surface area (Å²) in [7, 11) is 0. The van der Waals surface area contributed by atoms with Crippen LogP contribution in [0.5, 0.6) is 0 Å². The van der Waals surface area contributed by atoms with Gasteiger partial charge in [-0.3, -0.25) is 9.80 Å². The molecule has 0 amide bonds. The van der Waals surface area contributed by atoms with E-state index in [4.69, 9.17) is 0 Å². The normalized spacial score (nSPS) is 24.0. The molecule has 3 rings (SSSR count). The van der Waals surface area contributed by atoms with E-state index in [1.165, 1.54) is 61.3 Å². The fraction of sp³-hybridized carbons (Fsp3) is 0.625. The average molecular weight is 375 g/mol. The van der Waals surface area contributed by atoms with Gasteiger partial charge in [-0.15, -0.1) is 12.4 Å². The number of nitrogens with zero attached hydrogens (tertiary/aromatic N) is 2. The molecule has 0 radical (unpaired) electrons. The Morgan fingerprint density at radius 1 is 1.24 bits per heavy atom. The Morgan fingerprint density at radius 3 is 2.62 bits per heavy atom. The van der Waals surface area contributed by atoms with Gasteiger partial charge in [0.15, 0.2) is 0 Å². The smallest absolute Gasteiger partial charge is 0.0234 e. The lowest BCUT2D eigenvalue weighted by molar-refractivity contribution is 0.0981. The summed E-state index contributed by atoms with van der Waals surface area (Å²) in [6, 6.07) is 7.50. The van der Waals surface area contributed by atoms with Gasteiger partial charge in [-0.2, -0.15) is 0 Å². The van der Waals surface area contributed by atoms with E-state index in [0.717, 1.165) is 12.6 Å². The summed E-state index contributed by atoms with van der Waals surface area (Å²) >= 11 is 3.57. The summed E-state index contributed by atoms with van der Waals surface area (Å²) < 4.78 is 1.21. The zero-order valence-corrected chi connectivity index (χ0v) is 15.0. The molecule has 2 fully saturated rings. The van der Waals surface area contributed by atoms with Gasteiger partial charge in [0, 0.05) is 49.8 Å². The third-order valence-corrected chi connectivity index (χ3v) is 5.48. The molecule has 3 nitrogen and oxygen atoms in total. The van der Waals surface area contributed by atoms with Crippen LogP contribution in [-0.2, 0) is 6.54 Å². The van der Waals surface area contributed by atoms with E-state index in [2.05, 4.69) is 56.2 Å². The molecule has 0 spiro atoms. The van der Waals surface area contributed by atoms with Crippen LogP contribution >= 0.6 is 28.3 Å². The maximum atomic E-state index is 3.57. The first kappa shape index (κ1) is 17.2. The molecule has 118 valence electrons. The Balaban J connectivity index is 0.00000161. The first-order chi connectivity index (χ1) is 9.72. The van der Waals surface area contributed by atoms with E-state index in [1.54, 1.807) is 0 Å². The molecule has 1 unspecified atom stereocenters. The molecular weight excluding hydrogens is 350 g/mol. The number of nitrogens with one attached hydrogen (secondary N) is 1. The molecule has 1 aromatic rings. The van der Waals surface area contributed by atoms with Gasteiger partial charge in [0.25, 0.3) is 0 Å². The molecule has 0 aromatic heterocycles. The predicted molar refractivity (Wildman–Crippen MR) is 94.3 cm³/mol. The summed E-state index contributed by atoms with van der Waals surface area (Å²) in [5.41, 5.74) is 2.76. The Morgan fingerprint density at radius 2 is 2.00 bits per heavy atom. The zero-order valence-electron chi connectivity index (χ0n) is 12.6. The minimum Gasteiger partial charge on any atom is -0.315 e. The standard InChI is InChI=1S/C16H24BrN3.ClH/c1-13-10-14(2-3-16(13)17)12-19-6-8-20(9-7-19)15-4-5-18-11-15;/h2-3,10,15,18H,4-9,11-12H2,1H3;1H. The highest BCUT2D eigenvalue weighted by Crippen LogP contribution is 2.19. The van der Waals surface area contributed by atoms with E-state index in [-0.39, 0.29) is 12.4 Å². The number of piperazine rings is 1. The average Bonchev–Trinajstić information content (AvgIpc) is 2.98. The zero-order chi connectivity index (χ0) is 13.9. The highest BCUT2D eigenvalue weighted by Gasteiger charge is 2.25. The Kier molecular flexibility index (Phi) is 6.51. The van der Waals surface area contributed by atoms with Crippen LogP contribution in [0.15, 0.2) is 22.7 Å². The van der Waals surface area contributed by atoms with E-state index in [9.17, 15) is 0 Å². The van der Waals surface area contributed by atoms with Crippen molar-refractivity contribution in [1.82, 2.24) is 15.1 Å². The molecule has 1 N–H and O–H groups in total. The highest BCUT2D eigenvalue weighted by molar-refractivity contribution is 9.10. The summed E-state index contributed by atoms with van der Waals surface area (Å²) in [6.45, 7) is 10.5. The molecule has 2 heterocycles. The van der Waals surface area contributed by atoms with Crippen LogP contribution in [0.3, 0.4) is 0 Å². The lowest BCUT2D eigenvalue weighted by Crippen LogP contribution is -2.50. The fourth-order valence-electron chi connectivity index (χ4n) is 3.30. The number of aryl methyl sites for hydroxylation is 1. The van der Waals surface area contributed by atoms with Crippen molar-refractivity contribution in [2.45, 2.75) is 25.9 Å². The number of halogens is 2. The molecule has 5 heteroatoms. The van der Waals surface area contributed by atoms with E-state index in [1.807, 2.05) is 0 Å². The van der Waals surface area contributed by atoms with Gasteiger partial charge in [-0.25, -0.2) is 0 Å². The van der Waals surface area contributed by atoms with Gasteiger partial charge in [0.05, 0.1) is 0 Å². The Labute approximate surface area is 142 Å². The second-order valence-corrected chi connectivity index (χ2v) is 6.90. The van der Waals surface area contributed by atoms with Crippen LogP contribution in [-0.4, -0.2) is 55.1 Å². The van der Waals surface area contributed by atoms with Crippen molar-refractivity contribution < 1.29 is 0 Å². The third kappa shape index (κ3) is 4.42. The second kappa shape index (κ2) is 7.93. The Bertz CT molecular complexity index is 455. The summed E-state index contributed by atoms with van der Waals surface area (Å²) in [6.07, 6.45) is 1.33. The molecule has 1 atom stereocenters. The predicted octanol–water partition coefficient (Wildman–Crippen LogP) is 2.66. The number of hydrogen-bond donors (Lipinski definition) is 1. The van der Waals surface area contributed by atoms with Crippen LogP contribution in [0.1, 0.15) is 17.5 Å². The van der Waals surface area contributed by atoms with Crippen LogP contribution in [0.2, 0.25) is 0 Å². The molecule has 2 saturated heterocycles. The quantitative estimate of drug-likeness (QED) is 0.877. The van der Waals surface area contributed by atoms with Gasteiger partial charge in [-0.1, -0.05) is 28.1 Å². The minimum absolute atomic E-state index is 0. The van der Waals surface area contributed by atoms with Gasteiger partial charge in [-0.05, 0) is 37.1 Å². The maximum absolute atomic E-state index is 3.57. The fourth-order valence-corrected chi connectivity index (χ4v) is 3.55. The molecule has 0 saturated carbocycles. The summed E-state index contributed by atoms with van der Waals surface area (Å²) in [5.74, 6) is 0. The van der Waals surface area contributed by atoms with Gasteiger partial charge < -0.3 is 5.32 Å². The molecule has 0 aliphatic carbocycles. The lowest BCUT2D eigenvalue weighted by atomic mass is 10.1. The SMILES string of the molecule is Cc1cc(CN2CCN(C3CCNC3)CC2)ccc1Br.Cl. The monoisotopic (exact) mass is 373 g/mol. The minimum atomic E-state index is 0. The van der Waals surface area contributed by atoms with Crippen LogP contribution < -0.4 is 5.32 Å². The van der Waals surface area contributed by atoms with Gasteiger partial charge in [0.2, 0.25) is 0 Å². The topological polar surface area (TPSA) is 18.5 Å². The van der Waals surface area contributed by atoms with Crippen molar-refractivity contribution in [2.75, 3.05) is 39.3 Å².